The summed E-state index contributed by atoms with van der Waals surface area (Å²) < 4.78 is 0. The summed E-state index contributed by atoms with van der Waals surface area (Å²) in [6, 6.07) is 8.37. The summed E-state index contributed by atoms with van der Waals surface area (Å²) in [4.78, 5) is 1.28. The highest BCUT2D eigenvalue weighted by Crippen LogP contribution is 2.15. The van der Waals surface area contributed by atoms with Crippen molar-refractivity contribution in [3.8, 4) is 0 Å². The van der Waals surface area contributed by atoms with Crippen molar-refractivity contribution in [1.82, 2.24) is 0 Å². The van der Waals surface area contributed by atoms with Gasteiger partial charge in [-0.1, -0.05) is 24.3 Å². The molecule has 0 aliphatic rings. The van der Waals surface area contributed by atoms with Crippen molar-refractivity contribution in [2.75, 3.05) is 12.9 Å². The molecule has 70 valence electrons. The van der Waals surface area contributed by atoms with Crippen molar-refractivity contribution >= 4 is 17.8 Å². The molecule has 0 saturated heterocycles. The molecule has 0 aromatic heterocycles. The van der Waals surface area contributed by atoms with E-state index < -0.39 is 0 Å². The van der Waals surface area contributed by atoms with Crippen molar-refractivity contribution < 1.29 is 5.11 Å². The van der Waals surface area contributed by atoms with Crippen LogP contribution in [0.4, 0.5) is 0 Å². The summed E-state index contributed by atoms with van der Waals surface area (Å²) >= 11 is 1.74. The third kappa shape index (κ3) is 3.66. The molecule has 1 N–H and O–H groups in total. The molecule has 1 nitrogen and oxygen atoms in total. The summed E-state index contributed by atoms with van der Waals surface area (Å²) in [5.74, 6) is 0. The van der Waals surface area contributed by atoms with E-state index in [4.69, 9.17) is 5.11 Å². The molecule has 1 rings (SSSR count). The van der Waals surface area contributed by atoms with E-state index in [1.165, 1.54) is 10.5 Å². The standard InChI is InChI=1S/C11H14OS/c1-13-11-7-5-10(6-8-11)4-2-3-9-12/h2,4-8,12H,3,9H2,1H3/b4-2+. The molecule has 1 aromatic rings. The first-order valence-corrected chi connectivity index (χ1v) is 5.50. The minimum absolute atomic E-state index is 0.222. The van der Waals surface area contributed by atoms with Crippen molar-refractivity contribution in [1.29, 1.82) is 0 Å². The molecule has 0 bridgehead atoms. The average molecular weight is 194 g/mol. The van der Waals surface area contributed by atoms with Gasteiger partial charge in [-0.15, -0.1) is 11.8 Å². The third-order valence-corrected chi connectivity index (χ3v) is 2.47. The molecular formula is C11H14OS. The average Bonchev–Trinajstić information content (AvgIpc) is 2.19. The van der Waals surface area contributed by atoms with Crippen LogP contribution in [0.3, 0.4) is 0 Å². The molecule has 0 aliphatic heterocycles. The van der Waals surface area contributed by atoms with Gasteiger partial charge in [-0.05, 0) is 30.4 Å². The SMILES string of the molecule is CSc1ccc(/C=C/CCO)cc1. The first-order valence-electron chi connectivity index (χ1n) is 4.28. The van der Waals surface area contributed by atoms with Gasteiger partial charge in [0.1, 0.15) is 0 Å². The zero-order valence-corrected chi connectivity index (χ0v) is 8.55. The van der Waals surface area contributed by atoms with E-state index in [1.54, 1.807) is 11.8 Å². The van der Waals surface area contributed by atoms with Crippen molar-refractivity contribution in [3.63, 3.8) is 0 Å². The molecule has 0 aliphatic carbocycles. The summed E-state index contributed by atoms with van der Waals surface area (Å²) in [6.45, 7) is 0.222. The van der Waals surface area contributed by atoms with Crippen LogP contribution in [0.15, 0.2) is 35.2 Å². The number of rotatable bonds is 4. The van der Waals surface area contributed by atoms with Crippen LogP contribution in [0.2, 0.25) is 0 Å². The highest BCUT2D eigenvalue weighted by atomic mass is 32.2. The molecule has 0 amide bonds. The Bertz CT molecular complexity index is 264. The second kappa shape index (κ2) is 5.84. The highest BCUT2D eigenvalue weighted by molar-refractivity contribution is 7.98. The lowest BCUT2D eigenvalue weighted by Crippen LogP contribution is -1.76. The Morgan fingerprint density at radius 3 is 2.54 bits per heavy atom. The summed E-state index contributed by atoms with van der Waals surface area (Å²) in [7, 11) is 0. The Labute approximate surface area is 83.5 Å². The molecule has 0 heterocycles. The van der Waals surface area contributed by atoms with Crippen molar-refractivity contribution in [2.24, 2.45) is 0 Å². The Balaban J connectivity index is 2.58. The fourth-order valence-electron chi connectivity index (χ4n) is 1.01. The number of hydrogen-bond acceptors (Lipinski definition) is 2. The predicted molar refractivity (Wildman–Crippen MR) is 59.0 cm³/mol. The zero-order valence-electron chi connectivity index (χ0n) is 7.73. The Kier molecular flexibility index (Phi) is 4.65. The maximum atomic E-state index is 8.57. The Morgan fingerprint density at radius 2 is 2.00 bits per heavy atom. The lowest BCUT2D eigenvalue weighted by atomic mass is 10.2. The molecule has 0 saturated carbocycles. The topological polar surface area (TPSA) is 20.2 Å². The number of thioether (sulfide) groups is 1. The van der Waals surface area contributed by atoms with Gasteiger partial charge in [-0.25, -0.2) is 0 Å². The van der Waals surface area contributed by atoms with Crippen LogP contribution < -0.4 is 0 Å². The van der Waals surface area contributed by atoms with Crippen LogP contribution in [0.1, 0.15) is 12.0 Å². The second-order valence-corrected chi connectivity index (χ2v) is 3.57. The Morgan fingerprint density at radius 1 is 1.31 bits per heavy atom. The lowest BCUT2D eigenvalue weighted by Gasteiger charge is -1.96. The summed E-state index contributed by atoms with van der Waals surface area (Å²) in [5.41, 5.74) is 1.19. The van der Waals surface area contributed by atoms with Gasteiger partial charge in [0, 0.05) is 11.5 Å². The minimum Gasteiger partial charge on any atom is -0.396 e. The molecular weight excluding hydrogens is 180 g/mol. The van der Waals surface area contributed by atoms with E-state index in [2.05, 4.69) is 30.5 Å². The normalized spacial score (nSPS) is 10.9. The maximum absolute atomic E-state index is 8.57. The first-order chi connectivity index (χ1) is 6.36. The molecule has 0 atom stereocenters. The van der Waals surface area contributed by atoms with Crippen LogP contribution in [0.25, 0.3) is 6.08 Å². The smallest absolute Gasteiger partial charge is 0.0465 e. The Hall–Kier alpha value is -0.730. The summed E-state index contributed by atoms with van der Waals surface area (Å²) in [5, 5.41) is 8.57. The predicted octanol–water partition coefficient (Wildman–Crippen LogP) is 2.80. The fraction of sp³-hybridized carbons (Fsp3) is 0.273. The van der Waals surface area contributed by atoms with Gasteiger partial charge < -0.3 is 5.11 Å². The van der Waals surface area contributed by atoms with E-state index in [0.29, 0.717) is 0 Å². The zero-order chi connectivity index (χ0) is 9.52. The van der Waals surface area contributed by atoms with E-state index in [0.717, 1.165) is 6.42 Å². The third-order valence-electron chi connectivity index (χ3n) is 1.72. The lowest BCUT2D eigenvalue weighted by molar-refractivity contribution is 0.303. The van der Waals surface area contributed by atoms with Gasteiger partial charge >= 0.3 is 0 Å². The minimum atomic E-state index is 0.222. The molecule has 2 heteroatoms. The van der Waals surface area contributed by atoms with E-state index >= 15 is 0 Å². The fourth-order valence-corrected chi connectivity index (χ4v) is 1.42. The van der Waals surface area contributed by atoms with Gasteiger partial charge in [-0.3, -0.25) is 0 Å². The monoisotopic (exact) mass is 194 g/mol. The number of aliphatic hydroxyl groups is 1. The van der Waals surface area contributed by atoms with Gasteiger partial charge in [0.05, 0.1) is 0 Å². The van der Waals surface area contributed by atoms with Gasteiger partial charge in [0.15, 0.2) is 0 Å². The number of hydrogen-bond donors (Lipinski definition) is 1. The van der Waals surface area contributed by atoms with E-state index in [9.17, 15) is 0 Å². The molecule has 0 spiro atoms. The van der Waals surface area contributed by atoms with E-state index in [1.807, 2.05) is 12.2 Å². The molecule has 0 radical (unpaired) electrons. The first kappa shape index (κ1) is 10.4. The van der Waals surface area contributed by atoms with Crippen LogP contribution in [0, 0.1) is 0 Å². The van der Waals surface area contributed by atoms with Crippen LogP contribution in [-0.2, 0) is 0 Å². The highest BCUT2D eigenvalue weighted by Gasteiger charge is 1.88. The van der Waals surface area contributed by atoms with Crippen LogP contribution in [0.5, 0.6) is 0 Å². The summed E-state index contributed by atoms with van der Waals surface area (Å²) in [6.07, 6.45) is 6.80. The van der Waals surface area contributed by atoms with Crippen molar-refractivity contribution in [2.45, 2.75) is 11.3 Å². The van der Waals surface area contributed by atoms with Crippen molar-refractivity contribution in [3.05, 3.63) is 35.9 Å². The van der Waals surface area contributed by atoms with Crippen LogP contribution in [-0.4, -0.2) is 18.0 Å². The molecule has 0 unspecified atom stereocenters. The van der Waals surface area contributed by atoms with Gasteiger partial charge in [0.25, 0.3) is 0 Å². The molecule has 13 heavy (non-hydrogen) atoms. The number of benzene rings is 1. The maximum Gasteiger partial charge on any atom is 0.0465 e. The van der Waals surface area contributed by atoms with Gasteiger partial charge in [-0.2, -0.15) is 0 Å². The quantitative estimate of drug-likeness (QED) is 0.744. The largest absolute Gasteiger partial charge is 0.396 e. The van der Waals surface area contributed by atoms with Crippen LogP contribution >= 0.6 is 11.8 Å². The van der Waals surface area contributed by atoms with E-state index in [-0.39, 0.29) is 6.61 Å². The van der Waals surface area contributed by atoms with Gasteiger partial charge in [0.2, 0.25) is 0 Å². The molecule has 0 fully saturated rings. The second-order valence-electron chi connectivity index (χ2n) is 2.69. The number of aliphatic hydroxyl groups excluding tert-OH is 1. The molecule has 1 aromatic carbocycles.